The third kappa shape index (κ3) is 2.28. The molecule has 2 rings (SSSR count). The molecule has 1 unspecified atom stereocenters. The zero-order valence-corrected chi connectivity index (χ0v) is 11.9. The predicted octanol–water partition coefficient (Wildman–Crippen LogP) is 3.36. The Labute approximate surface area is 118 Å². The molecule has 0 radical (unpaired) electrons. The molecule has 96 valence electrons. The number of halogens is 3. The fraction of sp³-hybridized carbons (Fsp3) is 0.308. The molecule has 0 aliphatic carbocycles. The fourth-order valence-electron chi connectivity index (χ4n) is 2.02. The number of carbonyl (C=O) groups excluding carboxylic acids is 1. The number of benzene rings is 1. The van der Waals surface area contributed by atoms with E-state index in [4.69, 9.17) is 0 Å². The Bertz CT molecular complexity index is 495. The van der Waals surface area contributed by atoms with Crippen molar-refractivity contribution in [1.29, 1.82) is 0 Å². The third-order valence-electron chi connectivity index (χ3n) is 2.88. The molecular weight excluding hydrogens is 351 g/mol. The lowest BCUT2D eigenvalue weighted by Gasteiger charge is -2.30. The lowest BCUT2D eigenvalue weighted by atomic mass is 10.0. The predicted molar refractivity (Wildman–Crippen MR) is 74.1 cm³/mol. The summed E-state index contributed by atoms with van der Waals surface area (Å²) in [7, 11) is 0. The van der Waals surface area contributed by atoms with Crippen LogP contribution in [0.3, 0.4) is 0 Å². The normalized spacial score (nSPS) is 20.0. The lowest BCUT2D eigenvalue weighted by Crippen LogP contribution is -2.38. The van der Waals surface area contributed by atoms with Gasteiger partial charge in [-0.25, -0.2) is 8.78 Å². The molecule has 0 bridgehead atoms. The molecule has 18 heavy (non-hydrogen) atoms. The molecule has 0 aromatic heterocycles. The van der Waals surface area contributed by atoms with Crippen molar-refractivity contribution in [3.05, 3.63) is 41.5 Å². The van der Waals surface area contributed by atoms with E-state index in [1.165, 1.54) is 23.1 Å². The van der Waals surface area contributed by atoms with Gasteiger partial charge >= 0.3 is 0 Å². The summed E-state index contributed by atoms with van der Waals surface area (Å²) < 4.78 is 27.3. The summed E-state index contributed by atoms with van der Waals surface area (Å²) in [5, 5.41) is 0. The van der Waals surface area contributed by atoms with Crippen LogP contribution in [0.1, 0.15) is 18.9 Å². The van der Waals surface area contributed by atoms with Crippen LogP contribution < -0.4 is 0 Å². The van der Waals surface area contributed by atoms with Gasteiger partial charge < -0.3 is 4.90 Å². The van der Waals surface area contributed by atoms with Crippen molar-refractivity contribution in [3.63, 3.8) is 0 Å². The molecule has 5 heteroatoms. The Morgan fingerprint density at radius 1 is 1.39 bits per heavy atom. The van der Waals surface area contributed by atoms with Gasteiger partial charge in [0.25, 0.3) is 0 Å². The molecule has 1 aliphatic heterocycles. The Kier molecular flexibility index (Phi) is 3.99. The van der Waals surface area contributed by atoms with Crippen molar-refractivity contribution in [3.8, 4) is 0 Å². The van der Waals surface area contributed by atoms with Crippen molar-refractivity contribution in [2.45, 2.75) is 17.3 Å². The number of amides is 1. The minimum absolute atomic E-state index is 0.0988. The molecule has 1 amide bonds. The van der Waals surface area contributed by atoms with Crippen LogP contribution in [0.4, 0.5) is 8.78 Å². The smallest absolute Gasteiger partial charge is 0.240 e. The Balaban J connectivity index is 2.52. The highest BCUT2D eigenvalue weighted by Gasteiger charge is 2.30. The Morgan fingerprint density at radius 2 is 2.00 bits per heavy atom. The highest BCUT2D eigenvalue weighted by Crippen LogP contribution is 2.31. The van der Waals surface area contributed by atoms with Crippen molar-refractivity contribution >= 4 is 34.2 Å². The molecule has 0 saturated heterocycles. The van der Waals surface area contributed by atoms with E-state index in [1.807, 2.05) is 22.6 Å². The molecule has 0 N–H and O–H groups in total. The second-order valence-corrected chi connectivity index (χ2v) is 5.48. The summed E-state index contributed by atoms with van der Waals surface area (Å²) in [6, 6.07) is 3.72. The van der Waals surface area contributed by atoms with E-state index < -0.39 is 11.6 Å². The van der Waals surface area contributed by atoms with Gasteiger partial charge in [0.15, 0.2) is 0 Å². The molecular formula is C13H12F2INO. The van der Waals surface area contributed by atoms with E-state index >= 15 is 0 Å². The van der Waals surface area contributed by atoms with Gasteiger partial charge in [0.05, 0.1) is 15.2 Å². The maximum atomic E-state index is 13.7. The van der Waals surface area contributed by atoms with Crippen molar-refractivity contribution in [1.82, 2.24) is 4.90 Å². The second kappa shape index (κ2) is 5.34. The molecule has 1 heterocycles. The minimum Gasteiger partial charge on any atom is -0.311 e. The van der Waals surface area contributed by atoms with Gasteiger partial charge in [-0.3, -0.25) is 4.79 Å². The molecule has 1 atom stereocenters. The van der Waals surface area contributed by atoms with Crippen LogP contribution in [0.2, 0.25) is 0 Å². The number of carbonyl (C=O) groups is 1. The summed E-state index contributed by atoms with van der Waals surface area (Å²) >= 11 is 2.04. The van der Waals surface area contributed by atoms with Crippen LogP contribution >= 0.6 is 22.6 Å². The van der Waals surface area contributed by atoms with Gasteiger partial charge in [-0.2, -0.15) is 0 Å². The van der Waals surface area contributed by atoms with Gasteiger partial charge in [0.2, 0.25) is 5.91 Å². The molecule has 1 aliphatic rings. The van der Waals surface area contributed by atoms with Crippen molar-refractivity contribution in [2.75, 3.05) is 6.54 Å². The topological polar surface area (TPSA) is 20.3 Å². The van der Waals surface area contributed by atoms with Crippen molar-refractivity contribution < 1.29 is 13.6 Å². The molecule has 2 nitrogen and oxygen atoms in total. The maximum absolute atomic E-state index is 13.7. The number of alkyl halides is 1. The van der Waals surface area contributed by atoms with E-state index in [2.05, 4.69) is 0 Å². The lowest BCUT2D eigenvalue weighted by molar-refractivity contribution is -0.127. The average Bonchev–Trinajstić information content (AvgIpc) is 2.33. The number of nitrogens with zero attached hydrogens (tertiary/aromatic N) is 1. The van der Waals surface area contributed by atoms with E-state index in [0.29, 0.717) is 18.7 Å². The van der Waals surface area contributed by atoms with Crippen LogP contribution in [0.5, 0.6) is 0 Å². The summed E-state index contributed by atoms with van der Waals surface area (Å²) in [5.41, 5.74) is 0.224. The maximum Gasteiger partial charge on any atom is 0.240 e. The molecule has 1 aromatic rings. The summed E-state index contributed by atoms with van der Waals surface area (Å²) in [5.74, 6) is -1.38. The van der Waals surface area contributed by atoms with Gasteiger partial charge in [0.1, 0.15) is 11.6 Å². The van der Waals surface area contributed by atoms with E-state index in [-0.39, 0.29) is 15.4 Å². The van der Waals surface area contributed by atoms with Gasteiger partial charge in [-0.15, -0.1) is 0 Å². The highest BCUT2D eigenvalue weighted by molar-refractivity contribution is 14.1. The van der Waals surface area contributed by atoms with Crippen LogP contribution in [-0.4, -0.2) is 21.3 Å². The van der Waals surface area contributed by atoms with Crippen LogP contribution in [0.15, 0.2) is 24.3 Å². The van der Waals surface area contributed by atoms with Gasteiger partial charge in [-0.1, -0.05) is 34.7 Å². The molecule has 0 fully saturated rings. The Hall–Kier alpha value is -0.980. The Morgan fingerprint density at radius 3 is 2.56 bits per heavy atom. The number of hydrogen-bond acceptors (Lipinski definition) is 1. The van der Waals surface area contributed by atoms with Crippen LogP contribution in [0.25, 0.3) is 5.70 Å². The summed E-state index contributed by atoms with van der Waals surface area (Å²) in [6.45, 7) is 2.19. The first-order valence-corrected chi connectivity index (χ1v) is 6.90. The van der Waals surface area contributed by atoms with Crippen LogP contribution in [-0.2, 0) is 4.79 Å². The largest absolute Gasteiger partial charge is 0.311 e. The first-order valence-electron chi connectivity index (χ1n) is 5.66. The zero-order chi connectivity index (χ0) is 13.3. The highest BCUT2D eigenvalue weighted by atomic mass is 127. The zero-order valence-electron chi connectivity index (χ0n) is 9.79. The molecule has 0 saturated carbocycles. The first kappa shape index (κ1) is 13.5. The quantitative estimate of drug-likeness (QED) is 0.583. The molecule has 0 spiro atoms. The standard InChI is InChI=1S/C13H12F2INO/c1-2-17-11(7-6-10(16)13(17)18)12-8(14)4-3-5-9(12)15/h3-5,7,10H,2,6H2,1H3. The third-order valence-corrected chi connectivity index (χ3v) is 3.92. The van der Waals surface area contributed by atoms with E-state index in [0.717, 1.165) is 0 Å². The SMILES string of the molecule is CCN1C(=O)C(I)CC=C1c1c(F)cccc1F. The number of allylic oxidation sites excluding steroid dienone is 1. The average molecular weight is 363 g/mol. The van der Waals surface area contributed by atoms with Gasteiger partial charge in [0, 0.05) is 6.54 Å². The molecule has 1 aromatic carbocycles. The first-order chi connectivity index (χ1) is 8.56. The minimum atomic E-state index is -0.639. The van der Waals surface area contributed by atoms with Crippen molar-refractivity contribution in [2.24, 2.45) is 0 Å². The van der Waals surface area contributed by atoms with Crippen LogP contribution in [0, 0.1) is 11.6 Å². The van der Waals surface area contributed by atoms with Gasteiger partial charge in [-0.05, 0) is 25.5 Å². The number of hydrogen-bond donors (Lipinski definition) is 0. The van der Waals surface area contributed by atoms with E-state index in [9.17, 15) is 13.6 Å². The summed E-state index contributed by atoms with van der Waals surface area (Å²) in [6.07, 6.45) is 2.22. The van der Waals surface area contributed by atoms with E-state index in [1.54, 1.807) is 13.0 Å². The summed E-state index contributed by atoms with van der Waals surface area (Å²) in [4.78, 5) is 13.4. The second-order valence-electron chi connectivity index (χ2n) is 3.97. The monoisotopic (exact) mass is 363 g/mol. The fourth-order valence-corrected chi connectivity index (χ4v) is 2.61. The number of rotatable bonds is 2.